The predicted molar refractivity (Wildman–Crippen MR) is 109 cm³/mol. The van der Waals surface area contributed by atoms with Crippen molar-refractivity contribution in [1.29, 1.82) is 5.26 Å². The number of nitriles is 1. The van der Waals surface area contributed by atoms with E-state index in [2.05, 4.69) is 10.3 Å². The fourth-order valence-electron chi connectivity index (χ4n) is 2.44. The van der Waals surface area contributed by atoms with Crippen molar-refractivity contribution in [1.82, 2.24) is 10.3 Å². The Morgan fingerprint density at radius 1 is 1.34 bits per heavy atom. The summed E-state index contributed by atoms with van der Waals surface area (Å²) >= 11 is 0.983. The van der Waals surface area contributed by atoms with Gasteiger partial charge in [0, 0.05) is 19.0 Å². The van der Waals surface area contributed by atoms with Crippen LogP contribution in [0, 0.1) is 17.2 Å². The quantitative estimate of drug-likeness (QED) is 0.513. The van der Waals surface area contributed by atoms with Crippen molar-refractivity contribution in [2.45, 2.75) is 18.6 Å². The normalized spacial score (nSPS) is 14.4. The monoisotopic (exact) mass is 438 g/mol. The Kier molecular flexibility index (Phi) is 7.69. The first kappa shape index (κ1) is 22.8. The van der Waals surface area contributed by atoms with E-state index in [1.54, 1.807) is 0 Å². The first-order valence-corrected chi connectivity index (χ1v) is 11.3. The average Bonchev–Trinajstić information content (AvgIpc) is 3.19. The number of hydrogen-bond donors (Lipinski definition) is 3. The molecule has 3 unspecified atom stereocenters. The van der Waals surface area contributed by atoms with Crippen molar-refractivity contribution in [2.75, 3.05) is 24.2 Å². The van der Waals surface area contributed by atoms with Gasteiger partial charge in [-0.15, -0.1) is 11.3 Å². The molecule has 2 aromatic rings. The highest BCUT2D eigenvalue weighted by Gasteiger charge is 2.27. The molecule has 0 aliphatic heterocycles. The lowest BCUT2D eigenvalue weighted by molar-refractivity contribution is -0.00203. The van der Waals surface area contributed by atoms with E-state index in [4.69, 9.17) is 0 Å². The van der Waals surface area contributed by atoms with Gasteiger partial charge in [-0.1, -0.05) is 30.3 Å². The van der Waals surface area contributed by atoms with Crippen molar-refractivity contribution in [2.24, 2.45) is 5.92 Å². The molecule has 0 fully saturated rings. The molecule has 0 saturated carbocycles. The lowest BCUT2D eigenvalue weighted by Crippen LogP contribution is -2.42. The Morgan fingerprint density at radius 3 is 2.59 bits per heavy atom. The Labute approximate surface area is 173 Å². The number of anilines is 1. The van der Waals surface area contributed by atoms with Crippen LogP contribution in [0.2, 0.25) is 0 Å². The Morgan fingerprint density at radius 2 is 2.00 bits per heavy atom. The zero-order valence-corrected chi connectivity index (χ0v) is 17.5. The number of nitrogens with one attached hydrogen (secondary N) is 1. The highest BCUT2D eigenvalue weighted by Crippen LogP contribution is 2.21. The minimum atomic E-state index is -3.50. The summed E-state index contributed by atoms with van der Waals surface area (Å²) in [4.78, 5) is 16.2. The molecule has 0 aliphatic rings. The Hall–Kier alpha value is -2.52. The van der Waals surface area contributed by atoms with E-state index in [0.717, 1.165) is 27.5 Å². The van der Waals surface area contributed by atoms with E-state index in [1.165, 1.54) is 12.4 Å². The molecule has 1 aromatic carbocycles. The van der Waals surface area contributed by atoms with Crippen molar-refractivity contribution >= 4 is 32.4 Å². The van der Waals surface area contributed by atoms with Crippen molar-refractivity contribution in [3.63, 3.8) is 0 Å². The maximum Gasteiger partial charge on any atom is 0.270 e. The van der Waals surface area contributed by atoms with Gasteiger partial charge in [-0.25, -0.2) is 17.7 Å². The number of thiazole rings is 1. The van der Waals surface area contributed by atoms with Gasteiger partial charge in [0.2, 0.25) is 10.0 Å². The van der Waals surface area contributed by atoms with Gasteiger partial charge >= 0.3 is 0 Å². The summed E-state index contributed by atoms with van der Waals surface area (Å²) in [5, 5.41) is 33.7. The first-order chi connectivity index (χ1) is 13.6. The summed E-state index contributed by atoms with van der Waals surface area (Å²) < 4.78 is 24.0. The topological polar surface area (TPSA) is 144 Å². The second-order valence-electron chi connectivity index (χ2n) is 6.44. The number of hydrogen-bond acceptors (Lipinski definition) is 8. The number of amides is 1. The second-order valence-corrected chi connectivity index (χ2v) is 9.29. The summed E-state index contributed by atoms with van der Waals surface area (Å²) in [6.07, 6.45) is -1.43. The maximum atomic E-state index is 12.2. The molecule has 0 radical (unpaired) electrons. The van der Waals surface area contributed by atoms with Crippen molar-refractivity contribution in [3.8, 4) is 6.07 Å². The molecule has 156 valence electrons. The maximum absolute atomic E-state index is 12.2. The average molecular weight is 439 g/mol. The van der Waals surface area contributed by atoms with E-state index in [0.29, 0.717) is 0 Å². The van der Waals surface area contributed by atoms with Gasteiger partial charge in [-0.3, -0.25) is 4.79 Å². The van der Waals surface area contributed by atoms with Crippen LogP contribution in [0.1, 0.15) is 16.1 Å². The zero-order chi connectivity index (χ0) is 21.6. The van der Waals surface area contributed by atoms with Crippen molar-refractivity contribution in [3.05, 3.63) is 47.0 Å². The number of sulfonamides is 1. The third-order valence-corrected chi connectivity index (χ3v) is 6.43. The van der Waals surface area contributed by atoms with Gasteiger partial charge in [0.25, 0.3) is 5.91 Å². The van der Waals surface area contributed by atoms with Crippen LogP contribution >= 0.6 is 11.3 Å². The number of carbonyl (C=O) groups is 1. The number of benzene rings is 1. The summed E-state index contributed by atoms with van der Waals surface area (Å²) in [5.74, 6) is -1.48. The van der Waals surface area contributed by atoms with Crippen LogP contribution < -0.4 is 9.62 Å². The first-order valence-electron chi connectivity index (χ1n) is 8.60. The van der Waals surface area contributed by atoms with Crippen LogP contribution in [0.25, 0.3) is 0 Å². The van der Waals surface area contributed by atoms with E-state index >= 15 is 0 Å². The molecule has 3 N–H and O–H groups in total. The van der Waals surface area contributed by atoms with Crippen LogP contribution in [-0.4, -0.2) is 61.6 Å². The van der Waals surface area contributed by atoms with Crippen LogP contribution in [0.3, 0.4) is 0 Å². The molecule has 11 heteroatoms. The van der Waals surface area contributed by atoms with E-state index in [9.17, 15) is 28.7 Å². The van der Waals surface area contributed by atoms with E-state index in [-0.39, 0.29) is 23.8 Å². The summed E-state index contributed by atoms with van der Waals surface area (Å²) in [5.41, 5.74) is 0.836. The zero-order valence-electron chi connectivity index (χ0n) is 15.9. The van der Waals surface area contributed by atoms with Crippen LogP contribution in [-0.2, 0) is 16.4 Å². The second kappa shape index (κ2) is 9.80. The molecule has 1 aromatic heterocycles. The number of aliphatic hydroxyl groups is 2. The molecule has 3 atom stereocenters. The van der Waals surface area contributed by atoms with Gasteiger partial charge < -0.3 is 15.5 Å². The van der Waals surface area contributed by atoms with Gasteiger partial charge in [0.1, 0.15) is 5.69 Å². The predicted octanol–water partition coefficient (Wildman–Crippen LogP) is 0.373. The lowest BCUT2D eigenvalue weighted by Gasteiger charge is -2.22. The SMILES string of the molecule is CN(c1nc(C(=O)NCC(O)C(O)C(C#N)Cc2ccccc2)cs1)S(C)(=O)=O. The molecule has 1 heterocycles. The summed E-state index contributed by atoms with van der Waals surface area (Å²) in [7, 11) is -2.17. The largest absolute Gasteiger partial charge is 0.389 e. The fraction of sp³-hybridized carbons (Fsp3) is 0.389. The third-order valence-electron chi connectivity index (χ3n) is 4.23. The van der Waals surface area contributed by atoms with Crippen LogP contribution in [0.5, 0.6) is 0 Å². The molecular weight excluding hydrogens is 416 g/mol. The number of nitrogens with zero attached hydrogens (tertiary/aromatic N) is 3. The van der Waals surface area contributed by atoms with Gasteiger partial charge in [-0.05, 0) is 12.0 Å². The standard InChI is InChI=1S/C18H22N4O5S2/c1-22(29(2,26)27)18-21-14(11-28-18)17(25)20-10-15(23)16(24)13(9-19)8-12-6-4-3-5-7-12/h3-7,11,13,15-16,23-24H,8,10H2,1-2H3,(H,20,25). The smallest absolute Gasteiger partial charge is 0.270 e. The molecule has 0 aliphatic carbocycles. The fourth-order valence-corrected chi connectivity index (χ4v) is 3.98. The van der Waals surface area contributed by atoms with Crippen molar-refractivity contribution < 1.29 is 23.4 Å². The molecule has 0 bridgehead atoms. The molecule has 2 rings (SSSR count). The minimum Gasteiger partial charge on any atom is -0.389 e. The third kappa shape index (κ3) is 6.23. The van der Waals surface area contributed by atoms with Crippen LogP contribution in [0.4, 0.5) is 5.13 Å². The molecule has 1 amide bonds. The van der Waals surface area contributed by atoms with E-state index in [1.807, 2.05) is 36.4 Å². The summed E-state index contributed by atoms with van der Waals surface area (Å²) in [6, 6.07) is 11.1. The summed E-state index contributed by atoms with van der Waals surface area (Å²) in [6.45, 7) is -0.290. The van der Waals surface area contributed by atoms with E-state index < -0.39 is 34.1 Å². The number of carbonyl (C=O) groups excluding carboxylic acids is 1. The highest BCUT2D eigenvalue weighted by molar-refractivity contribution is 7.92. The number of aliphatic hydroxyl groups excluding tert-OH is 2. The molecule has 9 nitrogen and oxygen atoms in total. The van der Waals surface area contributed by atoms with Gasteiger partial charge in [-0.2, -0.15) is 5.26 Å². The van der Waals surface area contributed by atoms with Gasteiger partial charge in [0.05, 0.1) is 30.5 Å². The number of aromatic nitrogens is 1. The number of rotatable bonds is 9. The Balaban J connectivity index is 1.94. The molecular formula is C18H22N4O5S2. The van der Waals surface area contributed by atoms with Gasteiger partial charge in [0.15, 0.2) is 5.13 Å². The minimum absolute atomic E-state index is 0.0108. The molecule has 0 saturated heterocycles. The molecule has 0 spiro atoms. The van der Waals surface area contributed by atoms with Crippen LogP contribution in [0.15, 0.2) is 35.7 Å². The molecule has 29 heavy (non-hydrogen) atoms. The lowest BCUT2D eigenvalue weighted by atomic mass is 9.92. The highest BCUT2D eigenvalue weighted by atomic mass is 32.2. The Bertz CT molecular complexity index is 972.